The molecule has 2 aliphatic heterocycles. The molecule has 2 aliphatic rings. The molecule has 0 aromatic rings. The first-order chi connectivity index (χ1) is 8.40. The molecule has 100 valence electrons. The minimum Gasteiger partial charge on any atom is -0.330 e. The number of rotatable bonds is 5. The van der Waals surface area contributed by atoms with E-state index in [1.807, 2.05) is 0 Å². The Kier molecular flexibility index (Phi) is 5.75. The van der Waals surface area contributed by atoms with Crippen molar-refractivity contribution >= 4 is 0 Å². The largest absolute Gasteiger partial charge is 0.330 e. The second-order valence-electron chi connectivity index (χ2n) is 5.67. The lowest BCUT2D eigenvalue weighted by Gasteiger charge is -2.40. The topological polar surface area (TPSA) is 32.5 Å². The van der Waals surface area contributed by atoms with Crippen LogP contribution < -0.4 is 5.73 Å². The summed E-state index contributed by atoms with van der Waals surface area (Å²) in [5, 5.41) is 0. The highest BCUT2D eigenvalue weighted by molar-refractivity contribution is 4.81. The van der Waals surface area contributed by atoms with Crippen LogP contribution in [0.4, 0.5) is 0 Å². The fraction of sp³-hybridized carbons (Fsp3) is 1.00. The van der Waals surface area contributed by atoms with Crippen molar-refractivity contribution < 1.29 is 0 Å². The summed E-state index contributed by atoms with van der Waals surface area (Å²) in [6.07, 6.45) is 9.56. The van der Waals surface area contributed by atoms with E-state index in [0.717, 1.165) is 12.6 Å². The molecule has 3 heteroatoms. The van der Waals surface area contributed by atoms with Gasteiger partial charge in [0, 0.05) is 6.04 Å². The zero-order valence-corrected chi connectivity index (χ0v) is 11.2. The third-order valence-corrected chi connectivity index (χ3v) is 4.39. The van der Waals surface area contributed by atoms with Crippen LogP contribution in [0.5, 0.6) is 0 Å². The monoisotopic (exact) mass is 239 g/mol. The van der Waals surface area contributed by atoms with Crippen LogP contribution in [0.3, 0.4) is 0 Å². The van der Waals surface area contributed by atoms with Crippen LogP contribution in [-0.4, -0.2) is 55.1 Å². The van der Waals surface area contributed by atoms with Gasteiger partial charge in [0.1, 0.15) is 0 Å². The van der Waals surface area contributed by atoms with Gasteiger partial charge in [0.25, 0.3) is 0 Å². The number of unbranched alkanes of at least 4 members (excludes halogenated alkanes) is 1. The maximum absolute atomic E-state index is 5.54. The Morgan fingerprint density at radius 2 is 1.59 bits per heavy atom. The molecular weight excluding hydrogens is 210 g/mol. The van der Waals surface area contributed by atoms with Gasteiger partial charge in [-0.25, -0.2) is 0 Å². The summed E-state index contributed by atoms with van der Waals surface area (Å²) in [6, 6.07) is 0.890. The molecule has 0 aliphatic carbocycles. The maximum Gasteiger partial charge on any atom is 0.0120 e. The molecule has 0 atom stereocenters. The number of nitrogens with two attached hydrogens (primary N) is 1. The average Bonchev–Trinajstić information content (AvgIpc) is 2.41. The van der Waals surface area contributed by atoms with E-state index >= 15 is 0 Å². The molecule has 0 bridgehead atoms. The molecule has 2 rings (SSSR count). The number of piperidine rings is 2. The molecule has 2 fully saturated rings. The highest BCUT2D eigenvalue weighted by Gasteiger charge is 2.24. The predicted octanol–water partition coefficient (Wildman–Crippen LogP) is 1.68. The fourth-order valence-corrected chi connectivity index (χ4v) is 3.27. The van der Waals surface area contributed by atoms with Crippen LogP contribution in [0.1, 0.15) is 44.9 Å². The molecule has 17 heavy (non-hydrogen) atoms. The van der Waals surface area contributed by atoms with Gasteiger partial charge in [-0.05, 0) is 77.8 Å². The normalized spacial score (nSPS) is 25.2. The molecule has 0 aromatic carbocycles. The molecule has 0 saturated carbocycles. The summed E-state index contributed by atoms with van der Waals surface area (Å²) in [5.41, 5.74) is 5.54. The van der Waals surface area contributed by atoms with E-state index in [1.165, 1.54) is 77.7 Å². The number of nitrogens with zero attached hydrogens (tertiary/aromatic N) is 2. The van der Waals surface area contributed by atoms with Crippen molar-refractivity contribution in [1.82, 2.24) is 9.80 Å². The number of hydrogen-bond donors (Lipinski definition) is 1. The van der Waals surface area contributed by atoms with Gasteiger partial charge in [-0.1, -0.05) is 6.42 Å². The molecule has 0 spiro atoms. The van der Waals surface area contributed by atoms with Gasteiger partial charge in [0.15, 0.2) is 0 Å². The van der Waals surface area contributed by atoms with Crippen molar-refractivity contribution in [2.24, 2.45) is 5.73 Å². The Labute approximate surface area is 106 Å². The summed E-state index contributed by atoms with van der Waals surface area (Å²) in [6.45, 7) is 7.46. The van der Waals surface area contributed by atoms with Crippen LogP contribution in [0, 0.1) is 0 Å². The summed E-state index contributed by atoms with van der Waals surface area (Å²) in [5.74, 6) is 0. The van der Waals surface area contributed by atoms with Crippen molar-refractivity contribution in [3.63, 3.8) is 0 Å². The van der Waals surface area contributed by atoms with Gasteiger partial charge in [-0.2, -0.15) is 0 Å². The van der Waals surface area contributed by atoms with E-state index in [1.54, 1.807) is 0 Å². The van der Waals surface area contributed by atoms with Crippen molar-refractivity contribution in [2.75, 3.05) is 39.3 Å². The minimum absolute atomic E-state index is 0.851. The average molecular weight is 239 g/mol. The summed E-state index contributed by atoms with van der Waals surface area (Å²) >= 11 is 0. The number of likely N-dealkylation sites (tertiary alicyclic amines) is 2. The van der Waals surface area contributed by atoms with Gasteiger partial charge in [0.05, 0.1) is 0 Å². The lowest BCUT2D eigenvalue weighted by atomic mass is 10.00. The Morgan fingerprint density at radius 1 is 0.882 bits per heavy atom. The number of hydrogen-bond acceptors (Lipinski definition) is 3. The molecule has 0 unspecified atom stereocenters. The van der Waals surface area contributed by atoms with Gasteiger partial charge < -0.3 is 15.5 Å². The van der Waals surface area contributed by atoms with E-state index in [2.05, 4.69) is 9.80 Å². The highest BCUT2D eigenvalue weighted by atomic mass is 15.2. The quantitative estimate of drug-likeness (QED) is 0.741. The van der Waals surface area contributed by atoms with E-state index in [0.29, 0.717) is 0 Å². The lowest BCUT2D eigenvalue weighted by Crippen LogP contribution is -2.46. The summed E-state index contributed by atoms with van der Waals surface area (Å²) in [7, 11) is 0. The van der Waals surface area contributed by atoms with Crippen LogP contribution in [0.2, 0.25) is 0 Å². The maximum atomic E-state index is 5.54. The zero-order valence-electron chi connectivity index (χ0n) is 11.2. The van der Waals surface area contributed by atoms with Gasteiger partial charge in [-0.15, -0.1) is 0 Å². The molecule has 0 amide bonds. The van der Waals surface area contributed by atoms with Crippen molar-refractivity contribution in [1.29, 1.82) is 0 Å². The van der Waals surface area contributed by atoms with Crippen molar-refractivity contribution in [2.45, 2.75) is 51.0 Å². The molecular formula is C14H29N3. The van der Waals surface area contributed by atoms with E-state index in [9.17, 15) is 0 Å². The summed E-state index contributed by atoms with van der Waals surface area (Å²) in [4.78, 5) is 5.39. The molecule has 2 heterocycles. The first kappa shape index (κ1) is 13.3. The molecule has 0 radical (unpaired) electrons. The van der Waals surface area contributed by atoms with Gasteiger partial charge in [-0.3, -0.25) is 0 Å². The first-order valence-electron chi connectivity index (χ1n) is 7.56. The fourth-order valence-electron chi connectivity index (χ4n) is 3.27. The van der Waals surface area contributed by atoms with Crippen LogP contribution in [0.15, 0.2) is 0 Å². The van der Waals surface area contributed by atoms with Crippen LogP contribution >= 0.6 is 0 Å². The van der Waals surface area contributed by atoms with Crippen molar-refractivity contribution in [3.05, 3.63) is 0 Å². The Bertz CT molecular complexity index is 194. The smallest absolute Gasteiger partial charge is 0.0120 e. The minimum atomic E-state index is 0.851. The predicted molar refractivity (Wildman–Crippen MR) is 73.2 cm³/mol. The first-order valence-corrected chi connectivity index (χ1v) is 7.56. The second kappa shape index (κ2) is 7.34. The lowest BCUT2D eigenvalue weighted by molar-refractivity contribution is 0.0920. The SMILES string of the molecule is NCCCCN1CCC(N2CCCCC2)CC1. The summed E-state index contributed by atoms with van der Waals surface area (Å²) < 4.78 is 0. The second-order valence-corrected chi connectivity index (χ2v) is 5.67. The van der Waals surface area contributed by atoms with E-state index < -0.39 is 0 Å². The van der Waals surface area contributed by atoms with E-state index in [-0.39, 0.29) is 0 Å². The molecule has 2 saturated heterocycles. The zero-order chi connectivity index (χ0) is 11.9. The third kappa shape index (κ3) is 4.23. The van der Waals surface area contributed by atoms with E-state index in [4.69, 9.17) is 5.73 Å². The van der Waals surface area contributed by atoms with Crippen LogP contribution in [0.25, 0.3) is 0 Å². The molecule has 0 aromatic heterocycles. The Balaban J connectivity index is 1.63. The molecule has 2 N–H and O–H groups in total. The Morgan fingerprint density at radius 3 is 2.24 bits per heavy atom. The standard InChI is InChI=1S/C14H29N3/c15-8-2-5-9-16-12-6-14(7-13-16)17-10-3-1-4-11-17/h14H,1-13,15H2. The van der Waals surface area contributed by atoms with Crippen molar-refractivity contribution in [3.8, 4) is 0 Å². The highest BCUT2D eigenvalue weighted by Crippen LogP contribution is 2.20. The van der Waals surface area contributed by atoms with Crippen LogP contribution in [-0.2, 0) is 0 Å². The third-order valence-electron chi connectivity index (χ3n) is 4.39. The molecule has 3 nitrogen and oxygen atoms in total. The van der Waals surface area contributed by atoms with Gasteiger partial charge >= 0.3 is 0 Å². The van der Waals surface area contributed by atoms with Gasteiger partial charge in [0.2, 0.25) is 0 Å². The Hall–Kier alpha value is -0.120.